The van der Waals surface area contributed by atoms with E-state index in [0.717, 1.165) is 11.1 Å². The van der Waals surface area contributed by atoms with Crippen molar-refractivity contribution >= 4 is 10.1 Å². The van der Waals surface area contributed by atoms with Gasteiger partial charge in [0, 0.05) is 6.61 Å². The molecule has 4 nitrogen and oxygen atoms in total. The number of aliphatic hydroxyl groups excluding tert-OH is 1. The summed E-state index contributed by atoms with van der Waals surface area (Å²) in [4.78, 5) is -0.133. The van der Waals surface area contributed by atoms with Gasteiger partial charge in [-0.1, -0.05) is 6.07 Å². The molecule has 0 bridgehead atoms. The standard InChI is InChI=1S/C9H12O4S/c1-7-2-3-9(14(11,12)13)6-8(7)4-5-10/h2-3,6,10H,4-5H2,1H3,(H,11,12,13). The van der Waals surface area contributed by atoms with Gasteiger partial charge in [-0.2, -0.15) is 8.42 Å². The van der Waals surface area contributed by atoms with E-state index >= 15 is 0 Å². The van der Waals surface area contributed by atoms with E-state index < -0.39 is 10.1 Å². The first-order valence-corrected chi connectivity index (χ1v) is 5.57. The van der Waals surface area contributed by atoms with Crippen LogP contribution in [0.15, 0.2) is 23.1 Å². The third-order valence-electron chi connectivity index (χ3n) is 2.00. The zero-order valence-corrected chi connectivity index (χ0v) is 8.58. The first-order valence-electron chi connectivity index (χ1n) is 4.13. The fourth-order valence-electron chi connectivity index (χ4n) is 1.20. The highest BCUT2D eigenvalue weighted by atomic mass is 32.2. The summed E-state index contributed by atoms with van der Waals surface area (Å²) in [6, 6.07) is 4.32. The molecule has 0 spiro atoms. The number of hydrogen-bond acceptors (Lipinski definition) is 3. The number of rotatable bonds is 3. The summed E-state index contributed by atoms with van der Waals surface area (Å²) >= 11 is 0. The van der Waals surface area contributed by atoms with Crippen LogP contribution in [0.2, 0.25) is 0 Å². The lowest BCUT2D eigenvalue weighted by atomic mass is 10.1. The van der Waals surface area contributed by atoms with Crippen molar-refractivity contribution in [3.05, 3.63) is 29.3 Å². The van der Waals surface area contributed by atoms with Crippen LogP contribution >= 0.6 is 0 Å². The van der Waals surface area contributed by atoms with Gasteiger partial charge in [-0.05, 0) is 36.6 Å². The second-order valence-electron chi connectivity index (χ2n) is 3.04. The predicted octanol–water partition coefficient (Wildman–Crippen LogP) is 0.777. The Hall–Kier alpha value is -0.910. The highest BCUT2D eigenvalue weighted by Crippen LogP contribution is 2.15. The van der Waals surface area contributed by atoms with Crippen LogP contribution in [0.1, 0.15) is 11.1 Å². The van der Waals surface area contributed by atoms with Crippen molar-refractivity contribution in [3.8, 4) is 0 Å². The average Bonchev–Trinajstić information content (AvgIpc) is 2.07. The third-order valence-corrected chi connectivity index (χ3v) is 2.85. The molecule has 2 N–H and O–H groups in total. The molecule has 78 valence electrons. The van der Waals surface area contributed by atoms with E-state index in [2.05, 4.69) is 0 Å². The Bertz CT molecular complexity index is 422. The minimum absolute atomic E-state index is 0.0459. The molecular formula is C9H12O4S. The van der Waals surface area contributed by atoms with Crippen molar-refractivity contribution < 1.29 is 18.1 Å². The Kier molecular flexibility index (Phi) is 3.25. The molecule has 14 heavy (non-hydrogen) atoms. The van der Waals surface area contributed by atoms with Crippen LogP contribution in [0.4, 0.5) is 0 Å². The molecule has 0 heterocycles. The summed E-state index contributed by atoms with van der Waals surface area (Å²) in [5, 5.41) is 8.73. The van der Waals surface area contributed by atoms with Crippen LogP contribution in [-0.2, 0) is 16.5 Å². The van der Waals surface area contributed by atoms with Crippen LogP contribution in [0.5, 0.6) is 0 Å². The molecule has 1 rings (SSSR count). The summed E-state index contributed by atoms with van der Waals surface area (Å²) in [7, 11) is -4.14. The summed E-state index contributed by atoms with van der Waals surface area (Å²) in [6.45, 7) is 1.77. The lowest BCUT2D eigenvalue weighted by Gasteiger charge is -2.05. The van der Waals surface area contributed by atoms with Crippen molar-refractivity contribution in [1.82, 2.24) is 0 Å². The highest BCUT2D eigenvalue weighted by Gasteiger charge is 2.10. The van der Waals surface area contributed by atoms with Crippen molar-refractivity contribution in [3.63, 3.8) is 0 Å². The Morgan fingerprint density at radius 1 is 1.36 bits per heavy atom. The summed E-state index contributed by atoms with van der Waals surface area (Å²) in [6.07, 6.45) is 0.384. The maximum absolute atomic E-state index is 10.8. The van der Waals surface area contributed by atoms with Crippen molar-refractivity contribution in [2.24, 2.45) is 0 Å². The smallest absolute Gasteiger partial charge is 0.294 e. The molecule has 0 atom stereocenters. The second-order valence-corrected chi connectivity index (χ2v) is 4.46. The maximum atomic E-state index is 10.8. The maximum Gasteiger partial charge on any atom is 0.294 e. The highest BCUT2D eigenvalue weighted by molar-refractivity contribution is 7.85. The Morgan fingerprint density at radius 3 is 2.50 bits per heavy atom. The Morgan fingerprint density at radius 2 is 2.00 bits per heavy atom. The zero-order chi connectivity index (χ0) is 10.8. The Labute approximate surface area is 82.9 Å². The summed E-state index contributed by atoms with van der Waals surface area (Å²) in [5.41, 5.74) is 1.62. The molecule has 0 fully saturated rings. The molecule has 5 heteroatoms. The molecule has 0 aliphatic rings. The van der Waals surface area contributed by atoms with E-state index in [4.69, 9.17) is 9.66 Å². The van der Waals surface area contributed by atoms with E-state index in [1.807, 2.05) is 6.92 Å². The molecule has 0 aliphatic heterocycles. The van der Waals surface area contributed by atoms with E-state index in [1.165, 1.54) is 12.1 Å². The number of aryl methyl sites for hydroxylation is 1. The van der Waals surface area contributed by atoms with Gasteiger partial charge in [-0.15, -0.1) is 0 Å². The molecule has 0 aliphatic carbocycles. The topological polar surface area (TPSA) is 74.6 Å². The summed E-state index contributed by atoms with van der Waals surface area (Å²) in [5.74, 6) is 0. The zero-order valence-electron chi connectivity index (χ0n) is 7.77. The van der Waals surface area contributed by atoms with Gasteiger partial charge >= 0.3 is 0 Å². The van der Waals surface area contributed by atoms with Gasteiger partial charge in [0.1, 0.15) is 0 Å². The fraction of sp³-hybridized carbons (Fsp3) is 0.333. The minimum atomic E-state index is -4.14. The second kappa shape index (κ2) is 4.08. The fourth-order valence-corrected chi connectivity index (χ4v) is 1.73. The molecule has 0 radical (unpaired) electrons. The number of hydrogen-bond donors (Lipinski definition) is 2. The first kappa shape index (κ1) is 11.2. The number of aliphatic hydroxyl groups is 1. The average molecular weight is 216 g/mol. The molecule has 1 aromatic rings. The normalized spacial score (nSPS) is 11.6. The van der Waals surface area contributed by atoms with Crippen LogP contribution in [-0.4, -0.2) is 24.7 Å². The van der Waals surface area contributed by atoms with Crippen molar-refractivity contribution in [2.45, 2.75) is 18.2 Å². The minimum Gasteiger partial charge on any atom is -0.396 e. The third kappa shape index (κ3) is 2.54. The van der Waals surface area contributed by atoms with Gasteiger partial charge in [-0.25, -0.2) is 0 Å². The van der Waals surface area contributed by atoms with Crippen LogP contribution in [0, 0.1) is 6.92 Å². The monoisotopic (exact) mass is 216 g/mol. The van der Waals surface area contributed by atoms with E-state index in [0.29, 0.717) is 6.42 Å². The van der Waals surface area contributed by atoms with E-state index in [9.17, 15) is 8.42 Å². The van der Waals surface area contributed by atoms with E-state index in [1.54, 1.807) is 6.07 Å². The lowest BCUT2D eigenvalue weighted by Crippen LogP contribution is -2.01. The number of benzene rings is 1. The lowest BCUT2D eigenvalue weighted by molar-refractivity contribution is 0.299. The molecule has 0 aromatic heterocycles. The van der Waals surface area contributed by atoms with Gasteiger partial charge in [0.05, 0.1) is 4.90 Å². The molecule has 1 aromatic carbocycles. The van der Waals surface area contributed by atoms with Crippen molar-refractivity contribution in [1.29, 1.82) is 0 Å². The van der Waals surface area contributed by atoms with Gasteiger partial charge in [-0.3, -0.25) is 4.55 Å². The van der Waals surface area contributed by atoms with Gasteiger partial charge < -0.3 is 5.11 Å². The molecule has 0 amide bonds. The van der Waals surface area contributed by atoms with Gasteiger partial charge in [0.2, 0.25) is 0 Å². The molecule has 0 unspecified atom stereocenters. The first-order chi connectivity index (χ1) is 6.45. The van der Waals surface area contributed by atoms with Crippen LogP contribution < -0.4 is 0 Å². The molecular weight excluding hydrogens is 204 g/mol. The molecule has 0 saturated heterocycles. The van der Waals surface area contributed by atoms with Crippen molar-refractivity contribution in [2.75, 3.05) is 6.61 Å². The quantitative estimate of drug-likeness (QED) is 0.732. The van der Waals surface area contributed by atoms with E-state index in [-0.39, 0.29) is 11.5 Å². The SMILES string of the molecule is Cc1ccc(S(=O)(=O)O)cc1CCO. The van der Waals surface area contributed by atoms with Crippen LogP contribution in [0.3, 0.4) is 0 Å². The largest absolute Gasteiger partial charge is 0.396 e. The predicted molar refractivity (Wildman–Crippen MR) is 51.8 cm³/mol. The van der Waals surface area contributed by atoms with Crippen LogP contribution in [0.25, 0.3) is 0 Å². The summed E-state index contributed by atoms with van der Waals surface area (Å²) < 4.78 is 30.4. The molecule has 0 saturated carbocycles. The van der Waals surface area contributed by atoms with Gasteiger partial charge in [0.15, 0.2) is 0 Å². The van der Waals surface area contributed by atoms with Gasteiger partial charge in [0.25, 0.3) is 10.1 Å². The Balaban J connectivity index is 3.20.